The van der Waals surface area contributed by atoms with Gasteiger partial charge in [-0.25, -0.2) is 15.0 Å². The lowest BCUT2D eigenvalue weighted by Gasteiger charge is -2.38. The van der Waals surface area contributed by atoms with Gasteiger partial charge in [0.05, 0.1) is 18.5 Å². The fraction of sp³-hybridized carbons (Fsp3) is 0.545. The van der Waals surface area contributed by atoms with Crippen molar-refractivity contribution in [3.05, 3.63) is 35.0 Å². The number of pyridine rings is 1. The van der Waals surface area contributed by atoms with Crippen LogP contribution in [-0.2, 0) is 11.2 Å². The molecule has 0 unspecified atom stereocenters. The van der Waals surface area contributed by atoms with E-state index in [2.05, 4.69) is 29.1 Å². The Morgan fingerprint density at radius 1 is 1.27 bits per heavy atom. The van der Waals surface area contributed by atoms with Gasteiger partial charge in [-0.15, -0.1) is 0 Å². The Balaban J connectivity index is 1.36. The number of carbonyl (C=O) groups excluding carboxylic acids is 1. The van der Waals surface area contributed by atoms with Crippen LogP contribution in [0.1, 0.15) is 38.2 Å². The van der Waals surface area contributed by atoms with Crippen LogP contribution in [0, 0.1) is 24.7 Å². The summed E-state index contributed by atoms with van der Waals surface area (Å²) in [5, 5.41) is 3.47. The topological polar surface area (TPSA) is 80.2 Å². The van der Waals surface area contributed by atoms with Gasteiger partial charge in [0.15, 0.2) is 5.82 Å². The van der Waals surface area contributed by atoms with E-state index in [9.17, 15) is 4.79 Å². The van der Waals surface area contributed by atoms with Crippen molar-refractivity contribution in [2.45, 2.75) is 46.1 Å². The molecule has 1 aliphatic carbocycles. The van der Waals surface area contributed by atoms with Crippen LogP contribution in [-0.4, -0.2) is 40.6 Å². The molecule has 0 radical (unpaired) electrons. The average molecular weight is 430 g/mol. The number of rotatable bonds is 6. The van der Waals surface area contributed by atoms with E-state index < -0.39 is 0 Å². The van der Waals surface area contributed by atoms with Gasteiger partial charge in [0.2, 0.25) is 5.91 Å². The third-order valence-electron chi connectivity index (χ3n) is 6.01. The zero-order chi connectivity index (χ0) is 21.4. The minimum atomic E-state index is -0.216. The highest BCUT2D eigenvalue weighted by Crippen LogP contribution is 2.38. The van der Waals surface area contributed by atoms with Crippen molar-refractivity contribution < 1.29 is 9.53 Å². The van der Waals surface area contributed by atoms with Crippen molar-refractivity contribution in [3.63, 3.8) is 0 Å². The molecule has 2 aromatic rings. The first kappa shape index (κ1) is 20.8. The Bertz CT molecular complexity index is 928. The molecule has 8 heteroatoms. The van der Waals surface area contributed by atoms with Crippen molar-refractivity contribution in [1.29, 1.82) is 0 Å². The van der Waals surface area contributed by atoms with Crippen LogP contribution in [0.25, 0.3) is 0 Å². The molecule has 1 N–H and O–H groups in total. The van der Waals surface area contributed by atoms with E-state index in [1.165, 1.54) is 0 Å². The molecule has 1 saturated carbocycles. The monoisotopic (exact) mass is 429 g/mol. The Hall–Kier alpha value is -2.41. The number of aryl methyl sites for hydroxylation is 1. The lowest BCUT2D eigenvalue weighted by atomic mass is 9.73. The van der Waals surface area contributed by atoms with Gasteiger partial charge in [-0.3, -0.25) is 4.79 Å². The normalized spacial score (nSPS) is 23.1. The van der Waals surface area contributed by atoms with Gasteiger partial charge >= 0.3 is 0 Å². The predicted octanol–water partition coefficient (Wildman–Crippen LogP) is 3.89. The SMILES string of the molecule is Cc1nc(CC2CC(COc3ccc(Cl)nc3)C2)nc2c1NC(=O)[C@H](C(C)C)N2C. The Morgan fingerprint density at radius 2 is 2.03 bits per heavy atom. The van der Waals surface area contributed by atoms with Crippen molar-refractivity contribution in [3.8, 4) is 5.75 Å². The number of fused-ring (bicyclic) bond motifs is 1. The second kappa shape index (κ2) is 8.38. The zero-order valence-corrected chi connectivity index (χ0v) is 18.6. The lowest BCUT2D eigenvalue weighted by molar-refractivity contribution is -0.118. The molecule has 2 aromatic heterocycles. The molecule has 0 spiro atoms. The molecule has 2 aliphatic rings. The van der Waals surface area contributed by atoms with Gasteiger partial charge in [0.25, 0.3) is 0 Å². The maximum atomic E-state index is 12.5. The molecular formula is C22H28ClN5O2. The molecule has 0 bridgehead atoms. The summed E-state index contributed by atoms with van der Waals surface area (Å²) in [7, 11) is 1.95. The summed E-state index contributed by atoms with van der Waals surface area (Å²) in [6.07, 6.45) is 4.70. The number of carbonyl (C=O) groups is 1. The molecule has 0 aromatic carbocycles. The van der Waals surface area contributed by atoms with E-state index in [0.29, 0.717) is 23.6 Å². The molecule has 3 heterocycles. The fourth-order valence-corrected chi connectivity index (χ4v) is 4.57. The number of anilines is 2. The summed E-state index contributed by atoms with van der Waals surface area (Å²) < 4.78 is 5.82. The van der Waals surface area contributed by atoms with Crippen LogP contribution < -0.4 is 15.0 Å². The van der Waals surface area contributed by atoms with Crippen LogP contribution in [0.2, 0.25) is 5.15 Å². The van der Waals surface area contributed by atoms with Crippen LogP contribution in [0.4, 0.5) is 11.5 Å². The minimum Gasteiger partial charge on any atom is -0.492 e. The standard InChI is InChI=1S/C22H28ClN5O2/c1-12(2)20-22(29)27-19-13(3)25-18(26-21(19)28(20)4)9-14-7-15(8-14)11-30-16-5-6-17(23)24-10-16/h5-6,10,12,14-15,20H,7-9,11H2,1-4H3,(H,27,29)/t14?,15?,20-/m0/s1. The summed E-state index contributed by atoms with van der Waals surface area (Å²) in [5.74, 6) is 3.73. The van der Waals surface area contributed by atoms with Crippen LogP contribution in [0.3, 0.4) is 0 Å². The second-order valence-electron chi connectivity index (χ2n) is 8.75. The number of nitrogens with zero attached hydrogens (tertiary/aromatic N) is 4. The summed E-state index contributed by atoms with van der Waals surface area (Å²) in [6, 6.07) is 3.36. The van der Waals surface area contributed by atoms with Gasteiger partial charge in [0.1, 0.15) is 28.5 Å². The quantitative estimate of drug-likeness (QED) is 0.701. The largest absolute Gasteiger partial charge is 0.492 e. The highest BCUT2D eigenvalue weighted by atomic mass is 35.5. The number of halogens is 1. The third kappa shape index (κ3) is 4.21. The molecule has 1 amide bonds. The van der Waals surface area contributed by atoms with Crippen LogP contribution >= 0.6 is 11.6 Å². The highest BCUT2D eigenvalue weighted by Gasteiger charge is 2.36. The molecular weight excluding hydrogens is 402 g/mol. The van der Waals surface area contributed by atoms with E-state index in [1.807, 2.05) is 24.9 Å². The predicted molar refractivity (Wildman–Crippen MR) is 117 cm³/mol. The first-order valence-corrected chi connectivity index (χ1v) is 10.8. The Labute approximate surface area is 182 Å². The van der Waals surface area contributed by atoms with E-state index >= 15 is 0 Å². The minimum absolute atomic E-state index is 0.0113. The van der Waals surface area contributed by atoms with Crippen LogP contribution in [0.15, 0.2) is 18.3 Å². The summed E-state index contributed by atoms with van der Waals surface area (Å²) in [6.45, 7) is 6.73. The highest BCUT2D eigenvalue weighted by molar-refractivity contribution is 6.29. The number of ether oxygens (including phenoxy) is 1. The zero-order valence-electron chi connectivity index (χ0n) is 17.9. The van der Waals surface area contributed by atoms with Gasteiger partial charge in [0, 0.05) is 13.5 Å². The van der Waals surface area contributed by atoms with Crippen molar-refractivity contribution in [1.82, 2.24) is 15.0 Å². The Morgan fingerprint density at radius 3 is 2.70 bits per heavy atom. The lowest BCUT2D eigenvalue weighted by Crippen LogP contribution is -2.49. The number of likely N-dealkylation sites (N-methyl/N-ethyl adjacent to an activating group) is 1. The summed E-state index contributed by atoms with van der Waals surface area (Å²) in [4.78, 5) is 28.0. The van der Waals surface area contributed by atoms with Gasteiger partial charge in [-0.05, 0) is 49.7 Å². The first-order valence-electron chi connectivity index (χ1n) is 10.5. The van der Waals surface area contributed by atoms with Gasteiger partial charge in [-0.1, -0.05) is 25.4 Å². The second-order valence-corrected chi connectivity index (χ2v) is 9.14. The number of hydrogen-bond donors (Lipinski definition) is 1. The smallest absolute Gasteiger partial charge is 0.247 e. The molecule has 0 saturated heterocycles. The van der Waals surface area contributed by atoms with E-state index in [0.717, 1.165) is 48.0 Å². The molecule has 1 aliphatic heterocycles. The maximum absolute atomic E-state index is 12.5. The number of hydrogen-bond acceptors (Lipinski definition) is 6. The number of aromatic nitrogens is 3. The average Bonchev–Trinajstić information content (AvgIpc) is 2.65. The molecule has 1 atom stereocenters. The summed E-state index contributed by atoms with van der Waals surface area (Å²) >= 11 is 5.80. The van der Waals surface area contributed by atoms with Crippen molar-refractivity contribution in [2.24, 2.45) is 17.8 Å². The number of amides is 1. The maximum Gasteiger partial charge on any atom is 0.247 e. The summed E-state index contributed by atoms with van der Waals surface area (Å²) in [5.41, 5.74) is 1.56. The fourth-order valence-electron chi connectivity index (χ4n) is 4.46. The molecule has 7 nitrogen and oxygen atoms in total. The first-order chi connectivity index (χ1) is 14.3. The number of nitrogens with one attached hydrogen (secondary N) is 1. The molecule has 30 heavy (non-hydrogen) atoms. The Kier molecular flexibility index (Phi) is 5.82. The van der Waals surface area contributed by atoms with Gasteiger partial charge < -0.3 is 15.0 Å². The van der Waals surface area contributed by atoms with E-state index in [4.69, 9.17) is 21.3 Å². The third-order valence-corrected chi connectivity index (χ3v) is 6.23. The van der Waals surface area contributed by atoms with E-state index in [-0.39, 0.29) is 17.9 Å². The van der Waals surface area contributed by atoms with Crippen LogP contribution in [0.5, 0.6) is 5.75 Å². The van der Waals surface area contributed by atoms with Crippen molar-refractivity contribution >= 4 is 29.0 Å². The molecule has 160 valence electrons. The molecule has 4 rings (SSSR count). The van der Waals surface area contributed by atoms with Gasteiger partial charge in [-0.2, -0.15) is 0 Å². The van der Waals surface area contributed by atoms with E-state index in [1.54, 1.807) is 12.3 Å². The molecule has 1 fully saturated rings. The van der Waals surface area contributed by atoms with Crippen molar-refractivity contribution in [2.75, 3.05) is 23.9 Å².